The number of rotatable bonds is 4. The minimum atomic E-state index is 0.276. The maximum Gasteiger partial charge on any atom is 0.0721 e. The normalized spacial score (nSPS) is 20.4. The lowest BCUT2D eigenvalue weighted by atomic mass is 9.97. The summed E-state index contributed by atoms with van der Waals surface area (Å²) in [5, 5.41) is 3.60. The Balaban J connectivity index is 2.10. The Morgan fingerprint density at radius 1 is 1.53 bits per heavy atom. The van der Waals surface area contributed by atoms with Crippen molar-refractivity contribution >= 4 is 0 Å². The van der Waals surface area contributed by atoms with E-state index in [0.717, 1.165) is 26.1 Å². The average molecular weight is 229 g/mol. The van der Waals surface area contributed by atoms with Crippen LogP contribution in [0.5, 0.6) is 0 Å². The van der Waals surface area contributed by atoms with Gasteiger partial charge < -0.3 is 10.1 Å². The van der Waals surface area contributed by atoms with Crippen LogP contribution in [0.1, 0.15) is 36.9 Å². The molecule has 0 fully saturated rings. The van der Waals surface area contributed by atoms with Crippen LogP contribution in [0.3, 0.4) is 0 Å². The number of ether oxygens (including phenoxy) is 1. The zero-order valence-corrected chi connectivity index (χ0v) is 10.3. The summed E-state index contributed by atoms with van der Waals surface area (Å²) in [5.41, 5.74) is 2.64. The molecule has 1 aromatic carbocycles. The van der Waals surface area contributed by atoms with Gasteiger partial charge in [-0.3, -0.25) is 0 Å². The molecular formula is C15H19NO. The minimum absolute atomic E-state index is 0.276. The van der Waals surface area contributed by atoms with Gasteiger partial charge in [-0.25, -0.2) is 0 Å². The van der Waals surface area contributed by atoms with E-state index in [2.05, 4.69) is 42.4 Å². The third-order valence-electron chi connectivity index (χ3n) is 3.27. The Morgan fingerprint density at radius 2 is 2.35 bits per heavy atom. The predicted molar refractivity (Wildman–Crippen MR) is 69.5 cm³/mol. The van der Waals surface area contributed by atoms with Crippen molar-refractivity contribution in [3.8, 4) is 12.3 Å². The third kappa shape index (κ3) is 2.88. The number of hydrogen-bond donors (Lipinski definition) is 1. The van der Waals surface area contributed by atoms with Crippen LogP contribution in [0.15, 0.2) is 24.3 Å². The number of terminal acetylenes is 1. The van der Waals surface area contributed by atoms with Crippen LogP contribution in [0, 0.1) is 12.3 Å². The van der Waals surface area contributed by atoms with Gasteiger partial charge in [-0.15, -0.1) is 12.3 Å². The zero-order valence-electron chi connectivity index (χ0n) is 10.3. The molecule has 17 heavy (non-hydrogen) atoms. The van der Waals surface area contributed by atoms with Crippen LogP contribution in [0.25, 0.3) is 0 Å². The fourth-order valence-corrected chi connectivity index (χ4v) is 2.27. The summed E-state index contributed by atoms with van der Waals surface area (Å²) in [5.74, 6) is 2.73. The van der Waals surface area contributed by atoms with Crippen molar-refractivity contribution in [2.75, 3.05) is 6.61 Å². The fourth-order valence-electron chi connectivity index (χ4n) is 2.27. The monoisotopic (exact) mass is 229 g/mol. The van der Waals surface area contributed by atoms with E-state index < -0.39 is 0 Å². The second-order valence-corrected chi connectivity index (χ2v) is 4.45. The van der Waals surface area contributed by atoms with Crippen LogP contribution in [-0.4, -0.2) is 12.6 Å². The Hall–Kier alpha value is -1.30. The molecule has 0 saturated carbocycles. The molecule has 2 nitrogen and oxygen atoms in total. The summed E-state index contributed by atoms with van der Waals surface area (Å²) in [7, 11) is 0. The van der Waals surface area contributed by atoms with Crippen LogP contribution in [0.4, 0.5) is 0 Å². The Kier molecular flexibility index (Phi) is 4.19. The van der Waals surface area contributed by atoms with E-state index in [4.69, 9.17) is 11.2 Å². The lowest BCUT2D eigenvalue weighted by Gasteiger charge is -2.29. The first-order valence-electron chi connectivity index (χ1n) is 6.20. The van der Waals surface area contributed by atoms with Crippen LogP contribution >= 0.6 is 0 Å². The van der Waals surface area contributed by atoms with E-state index in [9.17, 15) is 0 Å². The van der Waals surface area contributed by atoms with Gasteiger partial charge in [0.05, 0.1) is 19.3 Å². The molecule has 1 aliphatic rings. The van der Waals surface area contributed by atoms with Crippen LogP contribution in [0.2, 0.25) is 0 Å². The molecule has 0 spiro atoms. The van der Waals surface area contributed by atoms with Gasteiger partial charge in [0.1, 0.15) is 0 Å². The maximum absolute atomic E-state index is 5.62. The van der Waals surface area contributed by atoms with Crippen molar-refractivity contribution in [2.24, 2.45) is 0 Å². The molecule has 1 heterocycles. The second kappa shape index (κ2) is 5.86. The lowest BCUT2D eigenvalue weighted by Crippen LogP contribution is -2.36. The summed E-state index contributed by atoms with van der Waals surface area (Å²) in [6.07, 6.45) is 7.20. The molecule has 0 aromatic heterocycles. The number of fused-ring (bicyclic) bond motifs is 1. The van der Waals surface area contributed by atoms with E-state index in [0.29, 0.717) is 6.04 Å². The molecule has 1 aromatic rings. The molecule has 0 aliphatic carbocycles. The molecule has 0 bridgehead atoms. The van der Waals surface area contributed by atoms with Crippen molar-refractivity contribution in [2.45, 2.75) is 38.5 Å². The van der Waals surface area contributed by atoms with Gasteiger partial charge in [-0.05, 0) is 17.5 Å². The molecule has 0 radical (unpaired) electrons. The molecule has 90 valence electrons. The molecular weight excluding hydrogens is 210 g/mol. The fraction of sp³-hybridized carbons (Fsp3) is 0.467. The highest BCUT2D eigenvalue weighted by Crippen LogP contribution is 2.25. The van der Waals surface area contributed by atoms with Gasteiger partial charge in [0.25, 0.3) is 0 Å². The first kappa shape index (κ1) is 12.2. The average Bonchev–Trinajstić information content (AvgIpc) is 2.38. The van der Waals surface area contributed by atoms with E-state index in [1.54, 1.807) is 0 Å². The highest BCUT2D eigenvalue weighted by atomic mass is 16.5. The number of nitrogens with one attached hydrogen (secondary N) is 1. The molecule has 1 aliphatic heterocycles. The van der Waals surface area contributed by atoms with Crippen LogP contribution in [-0.2, 0) is 11.3 Å². The molecule has 1 N–H and O–H groups in total. The van der Waals surface area contributed by atoms with Crippen molar-refractivity contribution in [1.29, 1.82) is 0 Å². The largest absolute Gasteiger partial charge is 0.375 e. The predicted octanol–water partition coefficient (Wildman–Crippen LogP) is 2.65. The standard InChI is InChI=1S/C15H19NO/c1-3-7-13(4-2)16-15-11-17-10-12-8-5-6-9-14(12)15/h1,5-6,8-9,13,15-16H,4,7,10-11H2,2H3. The number of benzene rings is 1. The van der Waals surface area contributed by atoms with Crippen molar-refractivity contribution < 1.29 is 4.74 Å². The van der Waals surface area contributed by atoms with E-state index in [1.165, 1.54) is 11.1 Å². The smallest absolute Gasteiger partial charge is 0.0721 e. The zero-order chi connectivity index (χ0) is 12.1. The SMILES string of the molecule is C#CCC(CC)NC1COCc2ccccc21. The maximum atomic E-state index is 5.62. The third-order valence-corrected chi connectivity index (χ3v) is 3.27. The van der Waals surface area contributed by atoms with Crippen LogP contribution < -0.4 is 5.32 Å². The first-order valence-corrected chi connectivity index (χ1v) is 6.20. The van der Waals surface area contributed by atoms with E-state index >= 15 is 0 Å². The topological polar surface area (TPSA) is 21.3 Å². The molecule has 2 unspecified atom stereocenters. The molecule has 2 rings (SSSR count). The van der Waals surface area contributed by atoms with Gasteiger partial charge >= 0.3 is 0 Å². The highest BCUT2D eigenvalue weighted by molar-refractivity contribution is 5.31. The van der Waals surface area contributed by atoms with Gasteiger partial charge in [0, 0.05) is 12.5 Å². The molecule has 2 atom stereocenters. The van der Waals surface area contributed by atoms with Crippen molar-refractivity contribution in [1.82, 2.24) is 5.32 Å². The highest BCUT2D eigenvalue weighted by Gasteiger charge is 2.21. The van der Waals surface area contributed by atoms with Crippen molar-refractivity contribution in [3.63, 3.8) is 0 Å². The van der Waals surface area contributed by atoms with Gasteiger partial charge in [0.2, 0.25) is 0 Å². The quantitative estimate of drug-likeness (QED) is 0.801. The summed E-state index contributed by atoms with van der Waals surface area (Å²) in [4.78, 5) is 0. The molecule has 2 heteroatoms. The molecule has 0 amide bonds. The molecule has 0 saturated heterocycles. The first-order chi connectivity index (χ1) is 8.35. The Morgan fingerprint density at radius 3 is 3.12 bits per heavy atom. The second-order valence-electron chi connectivity index (χ2n) is 4.45. The van der Waals surface area contributed by atoms with E-state index in [-0.39, 0.29) is 6.04 Å². The summed E-state index contributed by atoms with van der Waals surface area (Å²) < 4.78 is 5.62. The van der Waals surface area contributed by atoms with Gasteiger partial charge in [0.15, 0.2) is 0 Å². The summed E-state index contributed by atoms with van der Waals surface area (Å²) in [6, 6.07) is 9.10. The van der Waals surface area contributed by atoms with Gasteiger partial charge in [-0.1, -0.05) is 31.2 Å². The Bertz CT molecular complexity index is 408. The summed E-state index contributed by atoms with van der Waals surface area (Å²) in [6.45, 7) is 3.61. The number of hydrogen-bond acceptors (Lipinski definition) is 2. The minimum Gasteiger partial charge on any atom is -0.375 e. The Labute approximate surface area is 103 Å². The lowest BCUT2D eigenvalue weighted by molar-refractivity contribution is 0.0784. The summed E-state index contributed by atoms with van der Waals surface area (Å²) >= 11 is 0. The van der Waals surface area contributed by atoms with Crippen molar-refractivity contribution in [3.05, 3.63) is 35.4 Å². The van der Waals surface area contributed by atoms with Gasteiger partial charge in [-0.2, -0.15) is 0 Å². The van der Waals surface area contributed by atoms with E-state index in [1.807, 2.05) is 0 Å².